The first kappa shape index (κ1) is 14.9. The molecule has 0 saturated heterocycles. The van der Waals surface area contributed by atoms with Gasteiger partial charge in [0.05, 0.1) is 6.61 Å². The molecule has 2 N–H and O–H groups in total. The highest BCUT2D eigenvalue weighted by molar-refractivity contribution is 5.40. The molecule has 0 bridgehead atoms. The summed E-state index contributed by atoms with van der Waals surface area (Å²) in [6.45, 7) is 9.78. The van der Waals surface area contributed by atoms with Crippen LogP contribution in [-0.4, -0.2) is 31.8 Å². The molecule has 0 aliphatic rings. The van der Waals surface area contributed by atoms with Crippen LogP contribution in [0.15, 0.2) is 12.1 Å². The number of nitrogens with one attached hydrogen (secondary N) is 2. The number of methoxy groups -OCH3 is 1. The summed E-state index contributed by atoms with van der Waals surface area (Å²) < 4.78 is 5.03. The minimum absolute atomic E-state index is 0.439. The smallest absolute Gasteiger partial charge is 0.126 e. The number of pyridine rings is 1. The molecule has 0 saturated carbocycles. The van der Waals surface area contributed by atoms with Crippen molar-refractivity contribution in [3.8, 4) is 0 Å². The fourth-order valence-corrected chi connectivity index (χ4v) is 1.65. The van der Waals surface area contributed by atoms with E-state index < -0.39 is 0 Å². The average molecular weight is 251 g/mol. The Balaban J connectivity index is 2.77. The largest absolute Gasteiger partial charge is 0.383 e. The minimum atomic E-state index is 0.439. The first-order valence-electron chi connectivity index (χ1n) is 6.61. The summed E-state index contributed by atoms with van der Waals surface area (Å²) in [5.41, 5.74) is 2.40. The van der Waals surface area contributed by atoms with E-state index in [-0.39, 0.29) is 0 Å². The Kier molecular flexibility index (Phi) is 6.68. The maximum absolute atomic E-state index is 5.03. The van der Waals surface area contributed by atoms with Gasteiger partial charge in [0.1, 0.15) is 5.82 Å². The Hall–Kier alpha value is -1.13. The summed E-state index contributed by atoms with van der Waals surface area (Å²) in [5.74, 6) is 1.38. The molecule has 1 heterocycles. The average Bonchev–Trinajstić information content (AvgIpc) is 2.36. The Labute approximate surface area is 110 Å². The third-order valence-corrected chi connectivity index (χ3v) is 2.69. The summed E-state index contributed by atoms with van der Waals surface area (Å²) in [6.07, 6.45) is 0. The molecule has 0 amide bonds. The van der Waals surface area contributed by atoms with Gasteiger partial charge in [-0.25, -0.2) is 4.98 Å². The molecule has 0 spiro atoms. The number of ether oxygens (including phenoxy) is 1. The molecule has 0 radical (unpaired) electrons. The number of hydrogen-bond acceptors (Lipinski definition) is 4. The Morgan fingerprint density at radius 2 is 2.11 bits per heavy atom. The van der Waals surface area contributed by atoms with Crippen molar-refractivity contribution in [3.05, 3.63) is 23.4 Å². The summed E-state index contributed by atoms with van der Waals surface area (Å²) >= 11 is 0. The quantitative estimate of drug-likeness (QED) is 0.696. The van der Waals surface area contributed by atoms with Crippen LogP contribution in [0.1, 0.15) is 37.9 Å². The van der Waals surface area contributed by atoms with Crippen LogP contribution in [-0.2, 0) is 11.3 Å². The van der Waals surface area contributed by atoms with E-state index in [1.165, 1.54) is 5.56 Å². The van der Waals surface area contributed by atoms with E-state index in [2.05, 4.69) is 48.5 Å². The molecule has 102 valence electrons. The molecule has 18 heavy (non-hydrogen) atoms. The first-order chi connectivity index (χ1) is 8.67. The van der Waals surface area contributed by atoms with Crippen LogP contribution in [0.5, 0.6) is 0 Å². The highest BCUT2D eigenvalue weighted by Gasteiger charge is 2.06. The second kappa shape index (κ2) is 8.06. The zero-order chi connectivity index (χ0) is 13.4. The van der Waals surface area contributed by atoms with Crippen LogP contribution in [0.4, 0.5) is 5.82 Å². The maximum atomic E-state index is 5.03. The van der Waals surface area contributed by atoms with Crippen LogP contribution in [0.3, 0.4) is 0 Å². The Bertz CT molecular complexity index is 353. The van der Waals surface area contributed by atoms with Gasteiger partial charge in [-0.1, -0.05) is 20.8 Å². The number of rotatable bonds is 8. The second-order valence-electron chi connectivity index (χ2n) is 4.64. The van der Waals surface area contributed by atoms with Crippen LogP contribution < -0.4 is 10.6 Å². The van der Waals surface area contributed by atoms with Crippen molar-refractivity contribution in [1.29, 1.82) is 0 Å². The predicted octanol–water partition coefficient (Wildman–Crippen LogP) is 2.37. The van der Waals surface area contributed by atoms with E-state index in [1.807, 2.05) is 0 Å². The zero-order valence-electron chi connectivity index (χ0n) is 11.9. The molecule has 0 aromatic carbocycles. The topological polar surface area (TPSA) is 46.2 Å². The molecular formula is C14H25N3O. The summed E-state index contributed by atoms with van der Waals surface area (Å²) in [6, 6.07) is 4.28. The normalized spacial score (nSPS) is 10.9. The summed E-state index contributed by atoms with van der Waals surface area (Å²) in [5, 5.41) is 6.64. The fraction of sp³-hybridized carbons (Fsp3) is 0.643. The van der Waals surface area contributed by atoms with Gasteiger partial charge in [0.2, 0.25) is 0 Å². The van der Waals surface area contributed by atoms with E-state index >= 15 is 0 Å². The van der Waals surface area contributed by atoms with E-state index in [4.69, 9.17) is 4.74 Å². The highest BCUT2D eigenvalue weighted by Crippen LogP contribution is 2.17. The molecule has 1 rings (SSSR count). The van der Waals surface area contributed by atoms with Crippen molar-refractivity contribution in [2.75, 3.05) is 32.1 Å². The zero-order valence-corrected chi connectivity index (χ0v) is 11.9. The van der Waals surface area contributed by atoms with Crippen LogP contribution in [0, 0.1) is 0 Å². The lowest BCUT2D eigenvalue weighted by atomic mass is 10.1. The minimum Gasteiger partial charge on any atom is -0.383 e. The highest BCUT2D eigenvalue weighted by atomic mass is 16.5. The fourth-order valence-electron chi connectivity index (χ4n) is 1.65. The number of hydrogen-bond donors (Lipinski definition) is 2. The third-order valence-electron chi connectivity index (χ3n) is 2.69. The van der Waals surface area contributed by atoms with Gasteiger partial charge in [0.15, 0.2) is 0 Å². The van der Waals surface area contributed by atoms with Gasteiger partial charge in [0.25, 0.3) is 0 Å². The Morgan fingerprint density at radius 1 is 1.33 bits per heavy atom. The van der Waals surface area contributed by atoms with Gasteiger partial charge in [0, 0.05) is 25.9 Å². The lowest BCUT2D eigenvalue weighted by molar-refractivity contribution is 0.210. The summed E-state index contributed by atoms with van der Waals surface area (Å²) in [4.78, 5) is 4.62. The molecule has 1 aromatic rings. The van der Waals surface area contributed by atoms with Gasteiger partial charge < -0.3 is 15.4 Å². The first-order valence-corrected chi connectivity index (χ1v) is 6.61. The maximum Gasteiger partial charge on any atom is 0.126 e. The molecular weight excluding hydrogens is 226 g/mol. The van der Waals surface area contributed by atoms with Crippen molar-refractivity contribution < 1.29 is 4.74 Å². The van der Waals surface area contributed by atoms with Gasteiger partial charge >= 0.3 is 0 Å². The van der Waals surface area contributed by atoms with Gasteiger partial charge in [-0.05, 0) is 30.2 Å². The SMILES string of the molecule is CCNCc1cc(NCCOC)nc(C(C)C)c1. The third kappa shape index (κ3) is 5.02. The van der Waals surface area contributed by atoms with Crippen LogP contribution in [0.2, 0.25) is 0 Å². The monoisotopic (exact) mass is 251 g/mol. The van der Waals surface area contributed by atoms with Crippen molar-refractivity contribution in [2.45, 2.75) is 33.2 Å². The molecule has 0 atom stereocenters. The molecule has 4 heteroatoms. The van der Waals surface area contributed by atoms with Gasteiger partial charge in [-0.2, -0.15) is 0 Å². The number of aromatic nitrogens is 1. The summed E-state index contributed by atoms with van der Waals surface area (Å²) in [7, 11) is 1.70. The standard InChI is InChI=1S/C14H25N3O/c1-5-15-10-12-8-13(11(2)3)17-14(9-12)16-6-7-18-4/h8-9,11,15H,5-7,10H2,1-4H3,(H,16,17). The van der Waals surface area contributed by atoms with Crippen LogP contribution in [0.25, 0.3) is 0 Å². The van der Waals surface area contributed by atoms with Crippen molar-refractivity contribution in [1.82, 2.24) is 10.3 Å². The van der Waals surface area contributed by atoms with E-state index in [0.29, 0.717) is 12.5 Å². The van der Waals surface area contributed by atoms with Crippen molar-refractivity contribution in [3.63, 3.8) is 0 Å². The van der Waals surface area contributed by atoms with Crippen LogP contribution >= 0.6 is 0 Å². The molecule has 0 aliphatic heterocycles. The predicted molar refractivity (Wildman–Crippen MR) is 76.1 cm³/mol. The number of anilines is 1. The van der Waals surface area contributed by atoms with E-state index in [9.17, 15) is 0 Å². The molecule has 0 aliphatic carbocycles. The van der Waals surface area contributed by atoms with Gasteiger partial charge in [-0.15, -0.1) is 0 Å². The van der Waals surface area contributed by atoms with E-state index in [1.54, 1.807) is 7.11 Å². The molecule has 1 aromatic heterocycles. The lowest BCUT2D eigenvalue weighted by Crippen LogP contribution is -2.14. The number of nitrogens with zero attached hydrogens (tertiary/aromatic N) is 1. The van der Waals surface area contributed by atoms with Crippen molar-refractivity contribution in [2.24, 2.45) is 0 Å². The lowest BCUT2D eigenvalue weighted by Gasteiger charge is -2.12. The second-order valence-corrected chi connectivity index (χ2v) is 4.64. The van der Waals surface area contributed by atoms with E-state index in [0.717, 1.165) is 31.1 Å². The molecule has 0 fully saturated rings. The van der Waals surface area contributed by atoms with Gasteiger partial charge in [-0.3, -0.25) is 0 Å². The molecule has 0 unspecified atom stereocenters. The van der Waals surface area contributed by atoms with Crippen molar-refractivity contribution >= 4 is 5.82 Å². The Morgan fingerprint density at radius 3 is 2.72 bits per heavy atom. The molecule has 4 nitrogen and oxygen atoms in total.